The largest absolute Gasteiger partial charge is 0.372 e. The topological polar surface area (TPSA) is 73.4 Å². The van der Waals surface area contributed by atoms with Gasteiger partial charge in [0.05, 0.1) is 17.8 Å². The molecule has 1 amide bonds. The van der Waals surface area contributed by atoms with E-state index in [2.05, 4.69) is 26.1 Å². The van der Waals surface area contributed by atoms with Gasteiger partial charge in [-0.15, -0.1) is 0 Å². The fourth-order valence-electron chi connectivity index (χ4n) is 4.02. The first-order valence-electron chi connectivity index (χ1n) is 10.4. The quantitative estimate of drug-likeness (QED) is 0.502. The van der Waals surface area contributed by atoms with Crippen LogP contribution >= 0.6 is 0 Å². The summed E-state index contributed by atoms with van der Waals surface area (Å²) in [5, 5.41) is 13.2. The molecule has 4 rings (SSSR count). The van der Waals surface area contributed by atoms with Crippen LogP contribution in [0, 0.1) is 25.2 Å². The standard InChI is InChI=1S/C25H25N5O/c1-18-15-22(19(2)30(18)24-9-5-20(16-26)6-10-24)17-27-28-25(31)21-7-11-23(12-8-21)29-13-3-4-14-29/h5-12,15,17H,3-4,13-14H2,1-2H3,(H,28,31)/b27-17-. The van der Waals surface area contributed by atoms with Crippen molar-refractivity contribution < 1.29 is 4.79 Å². The number of carbonyl (C=O) groups is 1. The molecule has 6 nitrogen and oxygen atoms in total. The molecule has 0 bridgehead atoms. The van der Waals surface area contributed by atoms with Gasteiger partial charge in [0.2, 0.25) is 0 Å². The lowest BCUT2D eigenvalue weighted by Gasteiger charge is -2.17. The SMILES string of the molecule is Cc1cc(/C=N\NC(=O)c2ccc(N3CCCC3)cc2)c(C)n1-c1ccc(C#N)cc1. The number of nitrogens with zero attached hydrogens (tertiary/aromatic N) is 4. The Morgan fingerprint density at radius 2 is 1.68 bits per heavy atom. The first-order chi connectivity index (χ1) is 15.1. The van der Waals surface area contributed by atoms with Gasteiger partial charge < -0.3 is 9.47 Å². The smallest absolute Gasteiger partial charge is 0.271 e. The van der Waals surface area contributed by atoms with E-state index in [0.29, 0.717) is 11.1 Å². The molecule has 3 aromatic rings. The summed E-state index contributed by atoms with van der Waals surface area (Å²) in [6.45, 7) is 6.18. The summed E-state index contributed by atoms with van der Waals surface area (Å²) in [5.74, 6) is -0.231. The highest BCUT2D eigenvalue weighted by atomic mass is 16.2. The van der Waals surface area contributed by atoms with Crippen LogP contribution in [0.3, 0.4) is 0 Å². The Labute approximate surface area is 182 Å². The number of hydrazone groups is 1. The Morgan fingerprint density at radius 1 is 1.03 bits per heavy atom. The number of aryl methyl sites for hydroxylation is 1. The average molecular weight is 412 g/mol. The van der Waals surface area contributed by atoms with Crippen molar-refractivity contribution in [3.05, 3.63) is 82.7 Å². The molecule has 0 spiro atoms. The molecule has 0 atom stereocenters. The molecule has 0 unspecified atom stereocenters. The molecule has 0 radical (unpaired) electrons. The molecule has 2 aromatic carbocycles. The Kier molecular flexibility index (Phi) is 5.85. The van der Waals surface area contributed by atoms with Crippen molar-refractivity contribution in [1.82, 2.24) is 9.99 Å². The van der Waals surface area contributed by atoms with Crippen LogP contribution in [0.5, 0.6) is 0 Å². The molecule has 1 aromatic heterocycles. The van der Waals surface area contributed by atoms with Gasteiger partial charge in [-0.3, -0.25) is 4.79 Å². The second-order valence-corrected chi connectivity index (χ2v) is 7.76. The lowest BCUT2D eigenvalue weighted by atomic mass is 10.2. The third kappa shape index (κ3) is 4.36. The zero-order chi connectivity index (χ0) is 21.8. The predicted octanol–water partition coefficient (Wildman–Crippen LogP) is 4.33. The van der Waals surface area contributed by atoms with Crippen LogP contribution < -0.4 is 10.3 Å². The Morgan fingerprint density at radius 3 is 2.32 bits per heavy atom. The van der Waals surface area contributed by atoms with Crippen LogP contribution in [0.25, 0.3) is 5.69 Å². The molecule has 0 saturated carbocycles. The summed E-state index contributed by atoms with van der Waals surface area (Å²) >= 11 is 0. The maximum absolute atomic E-state index is 12.4. The van der Waals surface area contributed by atoms with Crippen molar-refractivity contribution in [2.45, 2.75) is 26.7 Å². The van der Waals surface area contributed by atoms with Crippen molar-refractivity contribution in [1.29, 1.82) is 5.26 Å². The lowest BCUT2D eigenvalue weighted by Crippen LogP contribution is -2.19. The summed E-state index contributed by atoms with van der Waals surface area (Å²) in [6.07, 6.45) is 4.12. The van der Waals surface area contributed by atoms with Gasteiger partial charge >= 0.3 is 0 Å². The number of benzene rings is 2. The molecule has 1 N–H and O–H groups in total. The minimum absolute atomic E-state index is 0.231. The predicted molar refractivity (Wildman–Crippen MR) is 123 cm³/mol. The van der Waals surface area contributed by atoms with Gasteiger partial charge in [0, 0.05) is 47.0 Å². The summed E-state index contributed by atoms with van der Waals surface area (Å²) in [7, 11) is 0. The number of anilines is 1. The second-order valence-electron chi connectivity index (χ2n) is 7.76. The highest BCUT2D eigenvalue weighted by molar-refractivity contribution is 5.95. The van der Waals surface area contributed by atoms with E-state index in [1.165, 1.54) is 12.8 Å². The van der Waals surface area contributed by atoms with Gasteiger partial charge in [0.25, 0.3) is 5.91 Å². The Balaban J connectivity index is 1.44. The van der Waals surface area contributed by atoms with Crippen LogP contribution in [-0.2, 0) is 0 Å². The Bertz CT molecular complexity index is 1140. The third-order valence-electron chi connectivity index (χ3n) is 5.70. The van der Waals surface area contributed by atoms with E-state index in [4.69, 9.17) is 5.26 Å². The van der Waals surface area contributed by atoms with Gasteiger partial charge in [0.1, 0.15) is 0 Å². The fourth-order valence-corrected chi connectivity index (χ4v) is 4.02. The van der Waals surface area contributed by atoms with Crippen molar-refractivity contribution in [3.8, 4) is 11.8 Å². The van der Waals surface area contributed by atoms with Crippen LogP contribution in [0.1, 0.15) is 45.7 Å². The van der Waals surface area contributed by atoms with Crippen LogP contribution in [0.2, 0.25) is 0 Å². The molecular formula is C25H25N5O. The number of aromatic nitrogens is 1. The van der Waals surface area contributed by atoms with Crippen molar-refractivity contribution in [3.63, 3.8) is 0 Å². The first-order valence-corrected chi connectivity index (χ1v) is 10.4. The second kappa shape index (κ2) is 8.88. The van der Waals surface area contributed by atoms with Crippen LogP contribution in [0.15, 0.2) is 59.7 Å². The Hall–Kier alpha value is -3.85. The van der Waals surface area contributed by atoms with Gasteiger partial charge in [-0.25, -0.2) is 5.43 Å². The number of nitriles is 1. The van der Waals surface area contributed by atoms with E-state index in [1.807, 2.05) is 56.3 Å². The zero-order valence-electron chi connectivity index (χ0n) is 17.8. The molecule has 156 valence electrons. The molecule has 1 aliphatic heterocycles. The highest BCUT2D eigenvalue weighted by Crippen LogP contribution is 2.21. The average Bonchev–Trinajstić information content (AvgIpc) is 3.42. The van der Waals surface area contributed by atoms with Crippen molar-refractivity contribution >= 4 is 17.8 Å². The molecule has 6 heteroatoms. The van der Waals surface area contributed by atoms with E-state index in [-0.39, 0.29) is 5.91 Å². The molecule has 31 heavy (non-hydrogen) atoms. The zero-order valence-corrected chi connectivity index (χ0v) is 17.8. The molecule has 1 saturated heterocycles. The highest BCUT2D eigenvalue weighted by Gasteiger charge is 2.13. The number of carbonyl (C=O) groups excluding carboxylic acids is 1. The van der Waals surface area contributed by atoms with E-state index in [9.17, 15) is 4.79 Å². The maximum Gasteiger partial charge on any atom is 0.271 e. The number of nitrogens with one attached hydrogen (secondary N) is 1. The van der Waals surface area contributed by atoms with E-state index in [1.54, 1.807) is 18.3 Å². The van der Waals surface area contributed by atoms with E-state index >= 15 is 0 Å². The monoisotopic (exact) mass is 411 g/mol. The fraction of sp³-hybridized carbons (Fsp3) is 0.240. The van der Waals surface area contributed by atoms with Crippen LogP contribution in [0.4, 0.5) is 5.69 Å². The molecule has 2 heterocycles. The molecular weight excluding hydrogens is 386 g/mol. The number of rotatable bonds is 5. The maximum atomic E-state index is 12.4. The summed E-state index contributed by atoms with van der Waals surface area (Å²) in [5.41, 5.74) is 8.96. The first kappa shape index (κ1) is 20.4. The minimum atomic E-state index is -0.231. The summed E-state index contributed by atoms with van der Waals surface area (Å²) < 4.78 is 2.10. The number of hydrogen-bond acceptors (Lipinski definition) is 4. The minimum Gasteiger partial charge on any atom is -0.372 e. The van der Waals surface area contributed by atoms with Gasteiger partial charge in [-0.05, 0) is 81.3 Å². The number of amides is 1. The van der Waals surface area contributed by atoms with Gasteiger partial charge in [-0.2, -0.15) is 10.4 Å². The van der Waals surface area contributed by atoms with Crippen molar-refractivity contribution in [2.24, 2.45) is 5.10 Å². The van der Waals surface area contributed by atoms with Crippen molar-refractivity contribution in [2.75, 3.05) is 18.0 Å². The lowest BCUT2D eigenvalue weighted by molar-refractivity contribution is 0.0955. The van der Waals surface area contributed by atoms with E-state index < -0.39 is 0 Å². The third-order valence-corrected chi connectivity index (χ3v) is 5.70. The summed E-state index contributed by atoms with van der Waals surface area (Å²) in [4.78, 5) is 14.8. The van der Waals surface area contributed by atoms with Crippen LogP contribution in [-0.4, -0.2) is 29.8 Å². The molecule has 1 fully saturated rings. The molecule has 0 aliphatic carbocycles. The number of hydrogen-bond donors (Lipinski definition) is 1. The summed E-state index contributed by atoms with van der Waals surface area (Å²) in [6, 6.07) is 19.3. The van der Waals surface area contributed by atoms with E-state index in [0.717, 1.165) is 41.4 Å². The van der Waals surface area contributed by atoms with Gasteiger partial charge in [-0.1, -0.05) is 0 Å². The normalized spacial score (nSPS) is 13.5. The van der Waals surface area contributed by atoms with Gasteiger partial charge in [0.15, 0.2) is 0 Å². The molecule has 1 aliphatic rings.